The molecule has 10 heteroatoms. The van der Waals surface area contributed by atoms with Crippen LogP contribution in [0.15, 0.2) is 53.3 Å². The first-order valence-corrected chi connectivity index (χ1v) is 12.7. The van der Waals surface area contributed by atoms with Crippen LogP contribution < -0.4 is 35.0 Å². The number of hydrogen-bond acceptors (Lipinski definition) is 8. The summed E-state index contributed by atoms with van der Waals surface area (Å²) in [6.07, 6.45) is 2.44. The molecule has 1 aliphatic rings. The number of fused-ring (bicyclic) bond motifs is 1. The van der Waals surface area contributed by atoms with Gasteiger partial charge in [-0.05, 0) is 43.2 Å². The van der Waals surface area contributed by atoms with Gasteiger partial charge in [-0.2, -0.15) is 10.5 Å². The van der Waals surface area contributed by atoms with Crippen LogP contribution in [0.3, 0.4) is 0 Å². The molecule has 4 rings (SSSR count). The first-order chi connectivity index (χ1) is 18.0. The summed E-state index contributed by atoms with van der Waals surface area (Å²) in [7, 11) is 0. The van der Waals surface area contributed by atoms with Crippen LogP contribution in [0.1, 0.15) is 12.5 Å². The van der Waals surface area contributed by atoms with Gasteiger partial charge in [-0.1, -0.05) is 24.3 Å². The molecule has 0 aliphatic carbocycles. The zero-order valence-corrected chi connectivity index (χ0v) is 21.2. The van der Waals surface area contributed by atoms with Gasteiger partial charge in [0.2, 0.25) is 0 Å². The van der Waals surface area contributed by atoms with Crippen LogP contribution in [0, 0.1) is 22.7 Å². The fourth-order valence-electron chi connectivity index (χ4n) is 4.08. The molecule has 188 valence electrons. The second kappa shape index (κ2) is 11.9. The van der Waals surface area contributed by atoms with E-state index in [-0.39, 0.29) is 22.3 Å². The smallest absolute Gasteiger partial charge is 0.270 e. The normalized spacial score (nSPS) is 13.6. The molecule has 0 spiro atoms. The number of para-hydroxylation sites is 2. The number of carbonyl (C=O) groups excluding carboxylic acids is 1. The van der Waals surface area contributed by atoms with Crippen molar-refractivity contribution in [2.24, 2.45) is 0 Å². The lowest BCUT2D eigenvalue weighted by atomic mass is 10.1. The first kappa shape index (κ1) is 25.5. The molecular formula is C27H26N6O3S. The molecule has 2 aromatic carbocycles. The van der Waals surface area contributed by atoms with Gasteiger partial charge in [-0.15, -0.1) is 11.3 Å². The van der Waals surface area contributed by atoms with Crippen LogP contribution >= 0.6 is 11.3 Å². The Labute approximate surface area is 218 Å². The van der Waals surface area contributed by atoms with Gasteiger partial charge in [0, 0.05) is 25.0 Å². The summed E-state index contributed by atoms with van der Waals surface area (Å²) in [5.74, 6) is 0.230. The van der Waals surface area contributed by atoms with Gasteiger partial charge in [-0.25, -0.2) is 0 Å². The van der Waals surface area contributed by atoms with E-state index in [1.54, 1.807) is 19.2 Å². The van der Waals surface area contributed by atoms with Gasteiger partial charge >= 0.3 is 0 Å². The quantitative estimate of drug-likeness (QED) is 0.437. The number of amides is 1. The number of nitrogens with one attached hydrogen (secondary N) is 2. The summed E-state index contributed by atoms with van der Waals surface area (Å²) in [4.78, 5) is 27.6. The molecule has 2 heterocycles. The van der Waals surface area contributed by atoms with Crippen molar-refractivity contribution in [3.05, 3.63) is 73.6 Å². The van der Waals surface area contributed by atoms with Crippen LogP contribution in [0.2, 0.25) is 0 Å². The average molecular weight is 515 g/mol. The molecule has 0 radical (unpaired) electrons. The Kier molecular flexibility index (Phi) is 8.24. The highest BCUT2D eigenvalue weighted by Gasteiger charge is 2.17. The molecule has 0 saturated heterocycles. The Morgan fingerprint density at radius 3 is 2.84 bits per heavy atom. The van der Waals surface area contributed by atoms with Gasteiger partial charge in [0.1, 0.15) is 34.2 Å². The molecule has 1 aromatic heterocycles. The second-order valence-corrected chi connectivity index (χ2v) is 9.22. The molecule has 0 atom stereocenters. The number of thiazole rings is 1. The van der Waals surface area contributed by atoms with E-state index in [4.69, 9.17) is 10.00 Å². The number of hydrogen-bond donors (Lipinski definition) is 2. The predicted octanol–water partition coefficient (Wildman–Crippen LogP) is 1.54. The van der Waals surface area contributed by atoms with Crippen molar-refractivity contribution in [2.45, 2.75) is 19.9 Å². The third-order valence-corrected chi connectivity index (χ3v) is 7.03. The van der Waals surface area contributed by atoms with Crippen LogP contribution in [0.25, 0.3) is 11.8 Å². The van der Waals surface area contributed by atoms with Crippen LogP contribution in [-0.2, 0) is 17.8 Å². The summed E-state index contributed by atoms with van der Waals surface area (Å²) >= 11 is 1.06. The molecule has 0 fully saturated rings. The number of rotatable bonds is 8. The molecule has 2 N–H and O–H groups in total. The SMILES string of the molecule is CCn1c(=C(C#N)C(=O)NCC#N)sc(=CNc2cccc(CCN3CCOc4ccccc43)c2)c1=O. The number of anilines is 2. The lowest BCUT2D eigenvalue weighted by Gasteiger charge is -2.31. The van der Waals surface area contributed by atoms with Crippen molar-refractivity contribution in [2.75, 3.05) is 36.5 Å². The van der Waals surface area contributed by atoms with E-state index in [0.717, 1.165) is 53.5 Å². The number of benzene rings is 2. The van der Waals surface area contributed by atoms with Gasteiger partial charge in [0.15, 0.2) is 5.57 Å². The molecule has 9 nitrogen and oxygen atoms in total. The lowest BCUT2D eigenvalue weighted by Crippen LogP contribution is -2.34. The number of nitriles is 2. The molecule has 0 saturated carbocycles. The van der Waals surface area contributed by atoms with E-state index in [1.165, 1.54) is 4.57 Å². The van der Waals surface area contributed by atoms with Crippen LogP contribution in [0.4, 0.5) is 11.4 Å². The number of nitrogens with zero attached hydrogens (tertiary/aromatic N) is 4. The van der Waals surface area contributed by atoms with Gasteiger partial charge in [-0.3, -0.25) is 14.2 Å². The van der Waals surface area contributed by atoms with E-state index < -0.39 is 5.91 Å². The summed E-state index contributed by atoms with van der Waals surface area (Å²) in [6.45, 7) is 4.20. The monoisotopic (exact) mass is 514 g/mol. The molecule has 0 bridgehead atoms. The maximum Gasteiger partial charge on any atom is 0.270 e. The molecular weight excluding hydrogens is 488 g/mol. The van der Waals surface area contributed by atoms with Crippen molar-refractivity contribution in [3.8, 4) is 17.9 Å². The van der Waals surface area contributed by atoms with E-state index in [0.29, 0.717) is 17.7 Å². The van der Waals surface area contributed by atoms with E-state index in [2.05, 4.69) is 27.7 Å². The highest BCUT2D eigenvalue weighted by Crippen LogP contribution is 2.30. The summed E-state index contributed by atoms with van der Waals surface area (Å²) in [5, 5.41) is 23.8. The Morgan fingerprint density at radius 1 is 1.22 bits per heavy atom. The van der Waals surface area contributed by atoms with Crippen molar-refractivity contribution in [3.63, 3.8) is 0 Å². The number of ether oxygens (including phenoxy) is 1. The van der Waals surface area contributed by atoms with Crippen molar-refractivity contribution in [1.29, 1.82) is 10.5 Å². The Hall–Kier alpha value is -4.54. The zero-order valence-electron chi connectivity index (χ0n) is 20.4. The fraction of sp³-hybridized carbons (Fsp3) is 0.259. The van der Waals surface area contributed by atoms with Crippen molar-refractivity contribution >= 4 is 40.4 Å². The third-order valence-electron chi connectivity index (χ3n) is 5.90. The highest BCUT2D eigenvalue weighted by atomic mass is 32.1. The Balaban J connectivity index is 1.53. The minimum absolute atomic E-state index is 0.189. The van der Waals surface area contributed by atoms with Crippen LogP contribution in [0.5, 0.6) is 5.75 Å². The third kappa shape index (κ3) is 5.83. The number of aromatic nitrogens is 1. The molecule has 1 aliphatic heterocycles. The second-order valence-electron chi connectivity index (χ2n) is 8.19. The summed E-state index contributed by atoms with van der Waals surface area (Å²) < 4.78 is 7.76. The number of carbonyl (C=O) groups is 1. The fourth-order valence-corrected chi connectivity index (χ4v) is 5.17. The van der Waals surface area contributed by atoms with Gasteiger partial charge < -0.3 is 20.3 Å². The largest absolute Gasteiger partial charge is 0.490 e. The Morgan fingerprint density at radius 2 is 2.05 bits per heavy atom. The zero-order chi connectivity index (χ0) is 26.2. The molecule has 0 unspecified atom stereocenters. The highest BCUT2D eigenvalue weighted by molar-refractivity contribution is 7.07. The standard InChI is InChI=1S/C27H26N6O3S/c1-2-33-26(35)24(37-27(33)21(17-29)25(34)30-12-11-28)18-31-20-7-5-6-19(16-20)10-13-32-14-15-36-23-9-4-3-8-22(23)32/h3-9,16,18,31H,2,10,12-15H2,1H3,(H,30,34). The molecule has 37 heavy (non-hydrogen) atoms. The van der Waals surface area contributed by atoms with Crippen molar-refractivity contribution < 1.29 is 9.53 Å². The van der Waals surface area contributed by atoms with E-state index >= 15 is 0 Å². The van der Waals surface area contributed by atoms with E-state index in [1.807, 2.05) is 42.5 Å². The summed E-state index contributed by atoms with van der Waals surface area (Å²) in [5.41, 5.74) is 2.60. The molecule has 3 aromatic rings. The Bertz CT molecular complexity index is 1560. The topological polar surface area (TPSA) is 123 Å². The lowest BCUT2D eigenvalue weighted by molar-refractivity contribution is -0.115. The van der Waals surface area contributed by atoms with Gasteiger partial charge in [0.25, 0.3) is 11.5 Å². The first-order valence-electron chi connectivity index (χ1n) is 11.9. The maximum absolute atomic E-state index is 12.9. The average Bonchev–Trinajstić information content (AvgIpc) is 3.24. The van der Waals surface area contributed by atoms with Crippen LogP contribution in [-0.4, -0.2) is 36.7 Å². The van der Waals surface area contributed by atoms with E-state index in [9.17, 15) is 14.9 Å². The van der Waals surface area contributed by atoms with Crippen molar-refractivity contribution in [1.82, 2.24) is 9.88 Å². The summed E-state index contributed by atoms with van der Waals surface area (Å²) in [6, 6.07) is 19.7. The molecule has 1 amide bonds. The minimum Gasteiger partial charge on any atom is -0.490 e. The maximum atomic E-state index is 12.9. The predicted molar refractivity (Wildman–Crippen MR) is 144 cm³/mol. The van der Waals surface area contributed by atoms with Gasteiger partial charge in [0.05, 0.1) is 18.3 Å². The minimum atomic E-state index is -0.678.